The summed E-state index contributed by atoms with van der Waals surface area (Å²) in [5, 5.41) is 2.62. The smallest absolute Gasteiger partial charge is 0.258 e. The molecule has 0 saturated carbocycles. The predicted molar refractivity (Wildman–Crippen MR) is 88.2 cm³/mol. The topological polar surface area (TPSA) is 72.5 Å². The molecule has 0 aliphatic carbocycles. The summed E-state index contributed by atoms with van der Waals surface area (Å²) in [7, 11) is 0. The lowest BCUT2D eigenvalue weighted by Gasteiger charge is -2.20. The van der Waals surface area contributed by atoms with Crippen molar-refractivity contribution in [2.75, 3.05) is 6.61 Å². The van der Waals surface area contributed by atoms with Crippen LogP contribution in [0.4, 0.5) is 0 Å². The maximum absolute atomic E-state index is 12.2. The summed E-state index contributed by atoms with van der Waals surface area (Å²) in [6.07, 6.45) is 0.0196. The molecule has 23 heavy (non-hydrogen) atoms. The molecule has 0 fully saturated rings. The van der Waals surface area contributed by atoms with Crippen LogP contribution in [0.15, 0.2) is 30.3 Å². The van der Waals surface area contributed by atoms with Crippen LogP contribution in [0.25, 0.3) is 0 Å². The van der Waals surface area contributed by atoms with Crippen molar-refractivity contribution in [2.24, 2.45) is 11.8 Å². The molecular weight excluding hydrogens is 294 g/mol. The first kappa shape index (κ1) is 18.9. The van der Waals surface area contributed by atoms with Crippen molar-refractivity contribution in [2.45, 2.75) is 40.2 Å². The van der Waals surface area contributed by atoms with Crippen LogP contribution in [0.1, 0.15) is 34.1 Å². The number of ketones is 2. The van der Waals surface area contributed by atoms with Gasteiger partial charge >= 0.3 is 0 Å². The van der Waals surface area contributed by atoms with Gasteiger partial charge in [0.25, 0.3) is 5.91 Å². The predicted octanol–water partition coefficient (Wildman–Crippen LogP) is 2.39. The van der Waals surface area contributed by atoms with Gasteiger partial charge in [-0.05, 0) is 12.1 Å². The fourth-order valence-electron chi connectivity index (χ4n) is 1.96. The molecule has 0 aromatic heterocycles. The van der Waals surface area contributed by atoms with E-state index in [0.29, 0.717) is 5.75 Å². The molecule has 0 heterocycles. The van der Waals surface area contributed by atoms with E-state index in [4.69, 9.17) is 4.74 Å². The Morgan fingerprint density at radius 2 is 1.61 bits per heavy atom. The number of carbonyl (C=O) groups is 3. The molecule has 0 saturated heterocycles. The first-order valence-electron chi connectivity index (χ1n) is 7.85. The molecule has 1 rings (SSSR count). The van der Waals surface area contributed by atoms with Crippen molar-refractivity contribution in [3.63, 3.8) is 0 Å². The second-order valence-electron chi connectivity index (χ2n) is 6.10. The Labute approximate surface area is 137 Å². The van der Waals surface area contributed by atoms with Crippen LogP contribution in [0, 0.1) is 11.8 Å². The first-order valence-corrected chi connectivity index (χ1v) is 7.85. The van der Waals surface area contributed by atoms with Gasteiger partial charge in [0.15, 0.2) is 12.4 Å². The Bertz CT molecular complexity index is 537. The number of benzene rings is 1. The normalized spacial score (nSPS) is 12.1. The Morgan fingerprint density at radius 3 is 2.13 bits per heavy atom. The second kappa shape index (κ2) is 9.08. The van der Waals surface area contributed by atoms with Crippen molar-refractivity contribution in [3.8, 4) is 5.75 Å². The second-order valence-corrected chi connectivity index (χ2v) is 6.10. The summed E-state index contributed by atoms with van der Waals surface area (Å²) in [6, 6.07) is 8.15. The number of hydrogen-bond acceptors (Lipinski definition) is 4. The van der Waals surface area contributed by atoms with Crippen molar-refractivity contribution >= 4 is 17.5 Å². The maximum atomic E-state index is 12.2. The third-order valence-corrected chi connectivity index (χ3v) is 3.41. The highest BCUT2D eigenvalue weighted by Crippen LogP contribution is 2.10. The highest BCUT2D eigenvalue weighted by molar-refractivity contribution is 5.95. The van der Waals surface area contributed by atoms with Gasteiger partial charge in [0, 0.05) is 18.3 Å². The fraction of sp³-hybridized carbons (Fsp3) is 0.500. The van der Waals surface area contributed by atoms with Crippen molar-refractivity contribution in [3.05, 3.63) is 30.3 Å². The fourth-order valence-corrected chi connectivity index (χ4v) is 1.96. The average Bonchev–Trinajstić information content (AvgIpc) is 2.52. The minimum atomic E-state index is -0.795. The number of nitrogens with one attached hydrogen (secondary N) is 1. The van der Waals surface area contributed by atoms with Gasteiger partial charge in [0.2, 0.25) is 0 Å². The average molecular weight is 319 g/mol. The van der Waals surface area contributed by atoms with Gasteiger partial charge in [-0.1, -0.05) is 45.9 Å². The van der Waals surface area contributed by atoms with Gasteiger partial charge in [-0.15, -0.1) is 0 Å². The summed E-state index contributed by atoms with van der Waals surface area (Å²) < 4.78 is 5.35. The Kier molecular flexibility index (Phi) is 7.45. The highest BCUT2D eigenvalue weighted by atomic mass is 16.5. The quantitative estimate of drug-likeness (QED) is 0.758. The number of amides is 1. The number of rotatable bonds is 9. The SMILES string of the molecule is CC(C)C(=O)CC(NC(=O)COc1ccccc1)C(=O)C(C)C. The van der Waals surface area contributed by atoms with E-state index in [2.05, 4.69) is 5.32 Å². The standard InChI is InChI=1S/C18H25NO4/c1-12(2)16(20)10-15(18(22)13(3)4)19-17(21)11-23-14-8-6-5-7-9-14/h5-9,12-13,15H,10-11H2,1-4H3,(H,19,21). The van der Waals surface area contributed by atoms with Gasteiger partial charge in [-0.3, -0.25) is 14.4 Å². The number of ether oxygens (including phenoxy) is 1. The lowest BCUT2D eigenvalue weighted by molar-refractivity contribution is -0.133. The van der Waals surface area contributed by atoms with Gasteiger partial charge in [-0.2, -0.15) is 0 Å². The monoisotopic (exact) mass is 319 g/mol. The van der Waals surface area contributed by atoms with Crippen LogP contribution < -0.4 is 10.1 Å². The molecular formula is C18H25NO4. The number of para-hydroxylation sites is 1. The van der Waals surface area contributed by atoms with Gasteiger partial charge in [-0.25, -0.2) is 0 Å². The van der Waals surface area contributed by atoms with Crippen LogP contribution in [0.3, 0.4) is 0 Å². The molecule has 0 aliphatic heterocycles. The van der Waals surface area contributed by atoms with Crippen LogP contribution in [0.5, 0.6) is 5.75 Å². The lowest BCUT2D eigenvalue weighted by Crippen LogP contribution is -2.46. The zero-order chi connectivity index (χ0) is 17.4. The molecule has 0 radical (unpaired) electrons. The van der Waals surface area contributed by atoms with Gasteiger partial charge < -0.3 is 10.1 Å². The van der Waals surface area contributed by atoms with Crippen molar-refractivity contribution in [1.82, 2.24) is 5.32 Å². The molecule has 1 aromatic carbocycles. The summed E-state index contributed by atoms with van der Waals surface area (Å²) in [5.41, 5.74) is 0. The zero-order valence-electron chi connectivity index (χ0n) is 14.2. The van der Waals surface area contributed by atoms with Crippen LogP contribution in [-0.4, -0.2) is 30.1 Å². The molecule has 1 amide bonds. The summed E-state index contributed by atoms with van der Waals surface area (Å²) in [5.74, 6) is -0.456. The largest absolute Gasteiger partial charge is 0.484 e. The molecule has 0 aliphatic rings. The number of hydrogen-bond donors (Lipinski definition) is 1. The maximum Gasteiger partial charge on any atom is 0.258 e. The Hall–Kier alpha value is -2.17. The van der Waals surface area contributed by atoms with E-state index >= 15 is 0 Å². The molecule has 1 N–H and O–H groups in total. The molecule has 0 spiro atoms. The Morgan fingerprint density at radius 1 is 1.00 bits per heavy atom. The summed E-state index contributed by atoms with van der Waals surface area (Å²) >= 11 is 0. The van der Waals surface area contributed by atoms with Gasteiger partial charge in [0.05, 0.1) is 6.04 Å². The Balaban J connectivity index is 2.62. The molecule has 126 valence electrons. The third-order valence-electron chi connectivity index (χ3n) is 3.41. The number of Topliss-reactive ketones (excluding diaryl/α,β-unsaturated/α-hetero) is 2. The molecule has 1 unspecified atom stereocenters. The third kappa shape index (κ3) is 6.63. The summed E-state index contributed by atoms with van der Waals surface area (Å²) in [6.45, 7) is 6.87. The number of carbonyl (C=O) groups excluding carboxylic acids is 3. The van der Waals surface area contributed by atoms with E-state index in [9.17, 15) is 14.4 Å². The van der Waals surface area contributed by atoms with Crippen LogP contribution in [-0.2, 0) is 14.4 Å². The first-order chi connectivity index (χ1) is 10.8. The summed E-state index contributed by atoms with van der Waals surface area (Å²) in [4.78, 5) is 36.1. The molecule has 1 atom stereocenters. The van der Waals surface area contributed by atoms with E-state index in [0.717, 1.165) is 0 Å². The minimum absolute atomic E-state index is 0.0196. The van der Waals surface area contributed by atoms with Crippen molar-refractivity contribution < 1.29 is 19.1 Å². The minimum Gasteiger partial charge on any atom is -0.484 e. The van der Waals surface area contributed by atoms with E-state index in [1.807, 2.05) is 6.07 Å². The van der Waals surface area contributed by atoms with E-state index < -0.39 is 11.9 Å². The lowest BCUT2D eigenvalue weighted by atomic mass is 9.94. The highest BCUT2D eigenvalue weighted by Gasteiger charge is 2.26. The van der Waals surface area contributed by atoms with E-state index in [-0.39, 0.29) is 36.4 Å². The van der Waals surface area contributed by atoms with Gasteiger partial charge in [0.1, 0.15) is 11.5 Å². The molecule has 1 aromatic rings. The van der Waals surface area contributed by atoms with E-state index in [1.54, 1.807) is 52.0 Å². The van der Waals surface area contributed by atoms with Crippen LogP contribution in [0.2, 0.25) is 0 Å². The molecule has 5 heteroatoms. The van der Waals surface area contributed by atoms with Crippen LogP contribution >= 0.6 is 0 Å². The van der Waals surface area contributed by atoms with Crippen molar-refractivity contribution in [1.29, 1.82) is 0 Å². The molecule has 0 bridgehead atoms. The zero-order valence-corrected chi connectivity index (χ0v) is 14.2. The molecule has 5 nitrogen and oxygen atoms in total. The van der Waals surface area contributed by atoms with E-state index in [1.165, 1.54) is 0 Å².